The summed E-state index contributed by atoms with van der Waals surface area (Å²) >= 11 is 3.42. The smallest absolute Gasteiger partial charge is 0.0970 e. The monoisotopic (exact) mass is 302 g/mol. The molecule has 1 atom stereocenters. The Hall–Kier alpha value is -0.390. The molecule has 1 heterocycles. The van der Waals surface area contributed by atoms with E-state index in [0.717, 1.165) is 36.0 Å². The molecule has 0 aliphatic heterocycles. The van der Waals surface area contributed by atoms with E-state index in [1.165, 1.54) is 0 Å². The van der Waals surface area contributed by atoms with E-state index in [1.807, 2.05) is 14.0 Å². The van der Waals surface area contributed by atoms with Gasteiger partial charge in [0, 0.05) is 13.7 Å². The lowest BCUT2D eigenvalue weighted by Gasteiger charge is -2.36. The van der Waals surface area contributed by atoms with Gasteiger partial charge in [0.05, 0.1) is 28.6 Å². The number of rotatable bonds is 5. The van der Waals surface area contributed by atoms with Gasteiger partial charge in [0.1, 0.15) is 0 Å². The van der Waals surface area contributed by atoms with Crippen LogP contribution in [0.2, 0.25) is 0 Å². The van der Waals surface area contributed by atoms with Gasteiger partial charge in [-0.2, -0.15) is 5.10 Å². The summed E-state index contributed by atoms with van der Waals surface area (Å²) in [6.07, 6.45) is 4.63. The first-order valence-electron chi connectivity index (χ1n) is 6.08. The predicted octanol–water partition coefficient (Wildman–Crippen LogP) is 2.42. The molecule has 4 nitrogen and oxygen atoms in total. The van der Waals surface area contributed by atoms with Gasteiger partial charge in [-0.05, 0) is 48.0 Å². The maximum atomic E-state index is 10.2. The van der Waals surface area contributed by atoms with Gasteiger partial charge in [0.15, 0.2) is 0 Å². The highest BCUT2D eigenvalue weighted by atomic mass is 79.9. The highest BCUT2D eigenvalue weighted by molar-refractivity contribution is 9.10. The molecule has 0 bridgehead atoms. The Morgan fingerprint density at radius 2 is 2.35 bits per heavy atom. The molecule has 1 aromatic heterocycles. The molecule has 1 saturated carbocycles. The fraction of sp³-hybridized carbons (Fsp3) is 0.750. The Morgan fingerprint density at radius 1 is 1.65 bits per heavy atom. The van der Waals surface area contributed by atoms with Crippen molar-refractivity contribution in [2.24, 2.45) is 13.0 Å². The van der Waals surface area contributed by atoms with Crippen molar-refractivity contribution in [2.75, 3.05) is 6.61 Å². The van der Waals surface area contributed by atoms with Crippen molar-refractivity contribution in [1.29, 1.82) is 0 Å². The van der Waals surface area contributed by atoms with Crippen molar-refractivity contribution >= 4 is 15.9 Å². The molecule has 0 aromatic carbocycles. The number of aliphatic hydroxyl groups excluding tert-OH is 1. The third-order valence-corrected chi connectivity index (χ3v) is 4.02. The molecule has 1 N–H and O–H groups in total. The lowest BCUT2D eigenvalue weighted by atomic mass is 9.78. The number of aliphatic hydroxyl groups is 1. The van der Waals surface area contributed by atoms with Crippen LogP contribution < -0.4 is 0 Å². The first kappa shape index (κ1) is 13.1. The predicted molar refractivity (Wildman–Crippen MR) is 68.6 cm³/mol. The Kier molecular flexibility index (Phi) is 4.22. The Bertz CT molecular complexity index is 355. The molecule has 0 spiro atoms. The van der Waals surface area contributed by atoms with Gasteiger partial charge < -0.3 is 9.84 Å². The molecule has 1 aliphatic rings. The van der Waals surface area contributed by atoms with Crippen LogP contribution in [0, 0.1) is 5.92 Å². The molecule has 17 heavy (non-hydrogen) atoms. The van der Waals surface area contributed by atoms with Gasteiger partial charge in [-0.1, -0.05) is 0 Å². The van der Waals surface area contributed by atoms with E-state index in [2.05, 4.69) is 21.0 Å². The fourth-order valence-electron chi connectivity index (χ4n) is 2.46. The molecule has 96 valence electrons. The lowest BCUT2D eigenvalue weighted by Crippen LogP contribution is -2.32. The molecule has 2 rings (SSSR count). The van der Waals surface area contributed by atoms with Crippen molar-refractivity contribution in [3.8, 4) is 0 Å². The molecule has 0 saturated heterocycles. The van der Waals surface area contributed by atoms with E-state index in [4.69, 9.17) is 4.74 Å². The lowest BCUT2D eigenvalue weighted by molar-refractivity contribution is -0.0387. The van der Waals surface area contributed by atoms with Crippen LogP contribution in [-0.4, -0.2) is 27.6 Å². The van der Waals surface area contributed by atoms with Crippen LogP contribution in [0.4, 0.5) is 0 Å². The summed E-state index contributed by atoms with van der Waals surface area (Å²) in [6.45, 7) is 2.81. The number of aryl methyl sites for hydroxylation is 1. The second-order valence-electron chi connectivity index (χ2n) is 4.67. The fourth-order valence-corrected chi connectivity index (χ4v) is 3.07. The first-order valence-corrected chi connectivity index (χ1v) is 6.88. The molecule has 0 amide bonds. The summed E-state index contributed by atoms with van der Waals surface area (Å²) in [5, 5.41) is 14.3. The van der Waals surface area contributed by atoms with E-state index in [9.17, 15) is 5.11 Å². The average molecular weight is 303 g/mol. The zero-order valence-electron chi connectivity index (χ0n) is 10.3. The minimum Gasteiger partial charge on any atom is -0.387 e. The minimum atomic E-state index is -0.440. The Balaban J connectivity index is 1.85. The van der Waals surface area contributed by atoms with E-state index in [-0.39, 0.29) is 0 Å². The number of nitrogens with zero attached hydrogens (tertiary/aromatic N) is 2. The molecular weight excluding hydrogens is 284 g/mol. The van der Waals surface area contributed by atoms with Gasteiger partial charge in [0.25, 0.3) is 0 Å². The van der Waals surface area contributed by atoms with Crippen LogP contribution in [0.25, 0.3) is 0 Å². The van der Waals surface area contributed by atoms with Crippen LogP contribution in [0.1, 0.15) is 38.0 Å². The standard InChI is InChI=1S/C12H19BrN2O2/c1-3-17-9-4-8(5-9)6-11(16)12-10(13)7-14-15(12)2/h7-9,11,16H,3-6H2,1-2H3. The van der Waals surface area contributed by atoms with Gasteiger partial charge in [-0.15, -0.1) is 0 Å². The number of aromatic nitrogens is 2. The molecule has 0 radical (unpaired) electrons. The van der Waals surface area contributed by atoms with Crippen molar-refractivity contribution in [3.05, 3.63) is 16.4 Å². The molecule has 1 fully saturated rings. The van der Waals surface area contributed by atoms with E-state index >= 15 is 0 Å². The highest BCUT2D eigenvalue weighted by Crippen LogP contribution is 2.38. The van der Waals surface area contributed by atoms with Gasteiger partial charge in [-0.25, -0.2) is 0 Å². The van der Waals surface area contributed by atoms with Crippen LogP contribution in [0.3, 0.4) is 0 Å². The number of ether oxygens (including phenoxy) is 1. The van der Waals surface area contributed by atoms with E-state index in [1.54, 1.807) is 10.9 Å². The molecule has 1 aliphatic carbocycles. The second kappa shape index (κ2) is 5.50. The van der Waals surface area contributed by atoms with Gasteiger partial charge >= 0.3 is 0 Å². The summed E-state index contributed by atoms with van der Waals surface area (Å²) in [7, 11) is 1.85. The molecule has 1 unspecified atom stereocenters. The third kappa shape index (κ3) is 2.89. The zero-order chi connectivity index (χ0) is 12.4. The summed E-state index contributed by atoms with van der Waals surface area (Å²) in [4.78, 5) is 0. The SMILES string of the molecule is CCOC1CC(CC(O)c2c(Br)cnn2C)C1. The van der Waals surface area contributed by atoms with Crippen molar-refractivity contribution in [2.45, 2.75) is 38.4 Å². The maximum Gasteiger partial charge on any atom is 0.0970 e. The Labute approximate surface area is 110 Å². The zero-order valence-corrected chi connectivity index (χ0v) is 11.9. The van der Waals surface area contributed by atoms with Crippen molar-refractivity contribution in [1.82, 2.24) is 9.78 Å². The number of halogens is 1. The normalized spacial score (nSPS) is 25.6. The van der Waals surface area contributed by atoms with Crippen molar-refractivity contribution in [3.63, 3.8) is 0 Å². The van der Waals surface area contributed by atoms with Crippen LogP contribution >= 0.6 is 15.9 Å². The summed E-state index contributed by atoms with van der Waals surface area (Å²) in [5.41, 5.74) is 0.866. The minimum absolute atomic E-state index is 0.409. The summed E-state index contributed by atoms with van der Waals surface area (Å²) < 4.78 is 8.13. The average Bonchev–Trinajstić information content (AvgIpc) is 2.55. The number of hydrogen-bond acceptors (Lipinski definition) is 3. The molecular formula is C12H19BrN2O2. The summed E-state index contributed by atoms with van der Waals surface area (Å²) in [5.74, 6) is 0.573. The second-order valence-corrected chi connectivity index (χ2v) is 5.52. The highest BCUT2D eigenvalue weighted by Gasteiger charge is 2.32. The van der Waals surface area contributed by atoms with Crippen LogP contribution in [0.5, 0.6) is 0 Å². The van der Waals surface area contributed by atoms with Gasteiger partial charge in [0.2, 0.25) is 0 Å². The van der Waals surface area contributed by atoms with E-state index < -0.39 is 6.10 Å². The van der Waals surface area contributed by atoms with Gasteiger partial charge in [-0.3, -0.25) is 4.68 Å². The maximum absolute atomic E-state index is 10.2. The van der Waals surface area contributed by atoms with Crippen LogP contribution in [0.15, 0.2) is 10.7 Å². The topological polar surface area (TPSA) is 47.3 Å². The quantitative estimate of drug-likeness (QED) is 0.909. The largest absolute Gasteiger partial charge is 0.387 e. The van der Waals surface area contributed by atoms with Crippen molar-refractivity contribution < 1.29 is 9.84 Å². The van der Waals surface area contributed by atoms with E-state index in [0.29, 0.717) is 12.0 Å². The Morgan fingerprint density at radius 3 is 2.88 bits per heavy atom. The summed E-state index contributed by atoms with van der Waals surface area (Å²) in [6, 6.07) is 0. The molecule has 5 heteroatoms. The van der Waals surface area contributed by atoms with Crippen LogP contribution in [-0.2, 0) is 11.8 Å². The number of hydrogen-bond donors (Lipinski definition) is 1. The third-order valence-electron chi connectivity index (χ3n) is 3.40. The first-order chi connectivity index (χ1) is 8.11. The molecule has 1 aromatic rings.